The standard InChI is InChI=1S/C38H65NO3/c1-3-5-7-9-10-11-12-13-14-15-16-17-18-19-20-21-22-23-24-25-26-27-28-30-32-34-38(42)39-36(35-40)37(41)33-31-29-8-6-4-2/h5,7,10-11,13-14,16-17,19-20,22-23,36-37,40-41H,3-4,6,8-9,12,15,18,21,24-35H2,1-2H3,(H,39,42)/b7-5-,11-10-,14-13-,17-16-,20-19-,23-22-. The zero-order valence-corrected chi connectivity index (χ0v) is 27.2. The van der Waals surface area contributed by atoms with Gasteiger partial charge in [0, 0.05) is 6.42 Å². The molecule has 42 heavy (non-hydrogen) atoms. The summed E-state index contributed by atoms with van der Waals surface area (Å²) in [6.07, 6.45) is 46.9. The minimum atomic E-state index is -0.665. The third-order valence-corrected chi connectivity index (χ3v) is 7.23. The van der Waals surface area contributed by atoms with E-state index in [1.807, 2.05) is 0 Å². The Kier molecular flexibility index (Phi) is 31.6. The van der Waals surface area contributed by atoms with Gasteiger partial charge in [-0.25, -0.2) is 0 Å². The molecular weight excluding hydrogens is 518 g/mol. The summed E-state index contributed by atoms with van der Waals surface area (Å²) < 4.78 is 0. The Morgan fingerprint density at radius 3 is 1.57 bits per heavy atom. The van der Waals surface area contributed by atoms with Crippen LogP contribution < -0.4 is 5.32 Å². The highest BCUT2D eigenvalue weighted by atomic mass is 16.3. The van der Waals surface area contributed by atoms with Crippen LogP contribution in [0.5, 0.6) is 0 Å². The molecule has 0 spiro atoms. The fourth-order valence-corrected chi connectivity index (χ4v) is 4.60. The monoisotopic (exact) mass is 583 g/mol. The van der Waals surface area contributed by atoms with Gasteiger partial charge in [-0.05, 0) is 64.2 Å². The summed E-state index contributed by atoms with van der Waals surface area (Å²) >= 11 is 0. The predicted molar refractivity (Wildman–Crippen MR) is 184 cm³/mol. The molecule has 0 saturated heterocycles. The number of carbonyl (C=O) groups is 1. The van der Waals surface area contributed by atoms with Crippen molar-refractivity contribution < 1.29 is 15.0 Å². The van der Waals surface area contributed by atoms with Gasteiger partial charge in [0.05, 0.1) is 18.8 Å². The molecule has 4 heteroatoms. The molecule has 0 heterocycles. The van der Waals surface area contributed by atoms with Gasteiger partial charge in [0.1, 0.15) is 0 Å². The van der Waals surface area contributed by atoms with Crippen molar-refractivity contribution in [3.05, 3.63) is 72.9 Å². The summed E-state index contributed by atoms with van der Waals surface area (Å²) in [5.41, 5.74) is 0. The van der Waals surface area contributed by atoms with E-state index in [1.54, 1.807) is 0 Å². The normalized spacial score (nSPS) is 14.1. The second kappa shape index (κ2) is 33.3. The number of hydrogen-bond acceptors (Lipinski definition) is 3. The third kappa shape index (κ3) is 29.3. The molecule has 0 saturated carbocycles. The van der Waals surface area contributed by atoms with Crippen LogP contribution >= 0.6 is 0 Å². The highest BCUT2D eigenvalue weighted by Crippen LogP contribution is 2.11. The molecule has 1 amide bonds. The second-order valence-electron chi connectivity index (χ2n) is 11.2. The molecule has 0 aromatic heterocycles. The fourth-order valence-electron chi connectivity index (χ4n) is 4.60. The van der Waals surface area contributed by atoms with E-state index in [-0.39, 0.29) is 12.5 Å². The third-order valence-electron chi connectivity index (χ3n) is 7.23. The Bertz CT molecular complexity index is 762. The number of hydrogen-bond donors (Lipinski definition) is 3. The minimum absolute atomic E-state index is 0.0586. The number of unbranched alkanes of at least 4 members (excludes halogenated alkanes) is 10. The van der Waals surface area contributed by atoms with Gasteiger partial charge < -0.3 is 15.5 Å². The quantitative estimate of drug-likeness (QED) is 0.0606. The molecular formula is C38H65NO3. The van der Waals surface area contributed by atoms with Crippen LogP contribution in [0.15, 0.2) is 72.9 Å². The largest absolute Gasteiger partial charge is 0.394 e. The maximum absolute atomic E-state index is 12.2. The lowest BCUT2D eigenvalue weighted by Crippen LogP contribution is -2.45. The Hall–Kier alpha value is -2.17. The van der Waals surface area contributed by atoms with Crippen molar-refractivity contribution >= 4 is 5.91 Å². The van der Waals surface area contributed by atoms with Gasteiger partial charge in [0.15, 0.2) is 0 Å². The maximum Gasteiger partial charge on any atom is 0.220 e. The first-order valence-electron chi connectivity index (χ1n) is 17.1. The van der Waals surface area contributed by atoms with Crippen LogP contribution in [0.1, 0.15) is 142 Å². The molecule has 0 fully saturated rings. The molecule has 0 aliphatic heterocycles. The predicted octanol–water partition coefficient (Wildman–Crippen LogP) is 10.0. The van der Waals surface area contributed by atoms with Gasteiger partial charge in [0.2, 0.25) is 5.91 Å². The minimum Gasteiger partial charge on any atom is -0.394 e. The Morgan fingerprint density at radius 1 is 0.595 bits per heavy atom. The topological polar surface area (TPSA) is 69.6 Å². The van der Waals surface area contributed by atoms with Crippen molar-refractivity contribution in [2.24, 2.45) is 0 Å². The van der Waals surface area contributed by atoms with Crippen molar-refractivity contribution in [3.8, 4) is 0 Å². The van der Waals surface area contributed by atoms with E-state index in [1.165, 1.54) is 38.5 Å². The van der Waals surface area contributed by atoms with Crippen LogP contribution in [0.2, 0.25) is 0 Å². The van der Waals surface area contributed by atoms with E-state index in [9.17, 15) is 15.0 Å². The lowest BCUT2D eigenvalue weighted by molar-refractivity contribution is -0.123. The van der Waals surface area contributed by atoms with Crippen molar-refractivity contribution in [1.82, 2.24) is 5.32 Å². The number of amides is 1. The second-order valence-corrected chi connectivity index (χ2v) is 11.2. The van der Waals surface area contributed by atoms with Gasteiger partial charge in [-0.15, -0.1) is 0 Å². The lowest BCUT2D eigenvalue weighted by Gasteiger charge is -2.22. The number of nitrogens with one attached hydrogen (secondary N) is 1. The summed E-state index contributed by atoms with van der Waals surface area (Å²) in [6.45, 7) is 4.13. The molecule has 0 rings (SSSR count). The van der Waals surface area contributed by atoms with Crippen molar-refractivity contribution in [1.29, 1.82) is 0 Å². The average Bonchev–Trinajstić information content (AvgIpc) is 2.99. The van der Waals surface area contributed by atoms with Gasteiger partial charge in [-0.3, -0.25) is 4.79 Å². The molecule has 0 bridgehead atoms. The lowest BCUT2D eigenvalue weighted by atomic mass is 10.0. The summed E-state index contributed by atoms with van der Waals surface area (Å²) in [7, 11) is 0. The highest BCUT2D eigenvalue weighted by molar-refractivity contribution is 5.76. The van der Waals surface area contributed by atoms with E-state index in [4.69, 9.17) is 0 Å². The zero-order chi connectivity index (χ0) is 30.8. The molecule has 0 radical (unpaired) electrons. The Balaban J connectivity index is 3.62. The first-order valence-corrected chi connectivity index (χ1v) is 17.1. The molecule has 240 valence electrons. The summed E-state index contributed by atoms with van der Waals surface area (Å²) in [6, 6.07) is -0.544. The maximum atomic E-state index is 12.2. The van der Waals surface area contributed by atoms with Gasteiger partial charge >= 0.3 is 0 Å². The molecule has 3 N–H and O–H groups in total. The number of carbonyl (C=O) groups excluding carboxylic acids is 1. The van der Waals surface area contributed by atoms with Gasteiger partial charge in [-0.1, -0.05) is 145 Å². The van der Waals surface area contributed by atoms with Crippen LogP contribution in [0.25, 0.3) is 0 Å². The van der Waals surface area contributed by atoms with E-state index < -0.39 is 12.1 Å². The van der Waals surface area contributed by atoms with Crippen molar-refractivity contribution in [3.63, 3.8) is 0 Å². The molecule has 2 atom stereocenters. The van der Waals surface area contributed by atoms with E-state index in [2.05, 4.69) is 92.1 Å². The SMILES string of the molecule is CC/C=C\C/C=C\C/C=C\C/C=C\C/C=C\C/C=C\CCCCCCCCC(=O)NC(CO)C(O)CCCCCCC. The summed E-state index contributed by atoms with van der Waals surface area (Å²) in [5, 5.41) is 22.7. The Morgan fingerprint density at radius 2 is 1.05 bits per heavy atom. The smallest absolute Gasteiger partial charge is 0.220 e. The fraction of sp³-hybridized carbons (Fsp3) is 0.658. The first-order chi connectivity index (χ1) is 20.7. The Labute approximate surface area is 259 Å². The summed E-state index contributed by atoms with van der Waals surface area (Å²) in [5.74, 6) is -0.0586. The van der Waals surface area contributed by atoms with Gasteiger partial charge in [-0.2, -0.15) is 0 Å². The van der Waals surface area contributed by atoms with Crippen LogP contribution in [-0.4, -0.2) is 34.9 Å². The van der Waals surface area contributed by atoms with Crippen LogP contribution in [0, 0.1) is 0 Å². The van der Waals surface area contributed by atoms with Crippen LogP contribution in [-0.2, 0) is 4.79 Å². The van der Waals surface area contributed by atoms with Crippen molar-refractivity contribution in [2.45, 2.75) is 154 Å². The molecule has 0 aromatic carbocycles. The van der Waals surface area contributed by atoms with Crippen molar-refractivity contribution in [2.75, 3.05) is 6.61 Å². The molecule has 0 aliphatic rings. The zero-order valence-electron chi connectivity index (χ0n) is 27.2. The van der Waals surface area contributed by atoms with Crippen LogP contribution in [0.4, 0.5) is 0 Å². The number of aliphatic hydroxyl groups is 2. The average molecular weight is 584 g/mol. The molecule has 2 unspecified atom stereocenters. The first kappa shape index (κ1) is 39.8. The van der Waals surface area contributed by atoms with Gasteiger partial charge in [0.25, 0.3) is 0 Å². The molecule has 4 nitrogen and oxygen atoms in total. The van der Waals surface area contributed by atoms with E-state index in [0.717, 1.165) is 77.0 Å². The molecule has 0 aromatic rings. The van der Waals surface area contributed by atoms with E-state index in [0.29, 0.717) is 12.8 Å². The summed E-state index contributed by atoms with van der Waals surface area (Å²) in [4.78, 5) is 12.2. The number of aliphatic hydroxyl groups excluding tert-OH is 2. The number of allylic oxidation sites excluding steroid dienone is 12. The molecule has 0 aliphatic carbocycles. The number of rotatable bonds is 29. The van der Waals surface area contributed by atoms with Crippen LogP contribution in [0.3, 0.4) is 0 Å². The highest BCUT2D eigenvalue weighted by Gasteiger charge is 2.19. The van der Waals surface area contributed by atoms with E-state index >= 15 is 0 Å².